The van der Waals surface area contributed by atoms with Crippen LogP contribution in [0.4, 0.5) is 0 Å². The highest BCUT2D eigenvalue weighted by atomic mass is 16.5. The molecule has 0 bridgehead atoms. The maximum absolute atomic E-state index is 12.6. The Morgan fingerprint density at radius 3 is 2.32 bits per heavy atom. The van der Waals surface area contributed by atoms with E-state index in [1.54, 1.807) is 7.11 Å². The predicted molar refractivity (Wildman–Crippen MR) is 114 cm³/mol. The van der Waals surface area contributed by atoms with Crippen LogP contribution >= 0.6 is 0 Å². The van der Waals surface area contributed by atoms with Crippen LogP contribution in [0.5, 0.6) is 11.5 Å². The smallest absolute Gasteiger partial charge is 0.314 e. The van der Waals surface area contributed by atoms with Crippen molar-refractivity contribution in [2.24, 2.45) is 23.7 Å². The monoisotopic (exact) mass is 386 g/mol. The summed E-state index contributed by atoms with van der Waals surface area (Å²) in [5.41, 5.74) is 0. The van der Waals surface area contributed by atoms with E-state index in [4.69, 9.17) is 9.47 Å². The Bertz CT molecular complexity index is 594. The Balaban J connectivity index is 1.41. The number of hydrogen-bond acceptors (Lipinski definition) is 3. The number of ether oxygens (including phenoxy) is 2. The minimum atomic E-state index is -0.0401. The van der Waals surface area contributed by atoms with Crippen molar-refractivity contribution in [2.45, 2.75) is 84.0 Å². The molecular formula is C25H38O3. The third-order valence-electron chi connectivity index (χ3n) is 7.05. The molecule has 3 nitrogen and oxygen atoms in total. The summed E-state index contributed by atoms with van der Waals surface area (Å²) in [6.07, 6.45) is 15.7. The summed E-state index contributed by atoms with van der Waals surface area (Å²) in [4.78, 5) is 12.6. The molecular weight excluding hydrogens is 348 g/mol. The van der Waals surface area contributed by atoms with E-state index in [2.05, 4.69) is 6.92 Å². The van der Waals surface area contributed by atoms with E-state index in [0.717, 1.165) is 36.3 Å². The van der Waals surface area contributed by atoms with Crippen molar-refractivity contribution >= 4 is 5.97 Å². The van der Waals surface area contributed by atoms with Gasteiger partial charge < -0.3 is 9.47 Å². The van der Waals surface area contributed by atoms with E-state index in [9.17, 15) is 4.79 Å². The minimum absolute atomic E-state index is 0.0401. The van der Waals surface area contributed by atoms with Crippen LogP contribution in [0.25, 0.3) is 0 Å². The maximum Gasteiger partial charge on any atom is 0.314 e. The van der Waals surface area contributed by atoms with Crippen molar-refractivity contribution in [1.29, 1.82) is 0 Å². The van der Waals surface area contributed by atoms with Gasteiger partial charge in [0.25, 0.3) is 0 Å². The predicted octanol–water partition coefficient (Wildman–Crippen LogP) is 6.79. The van der Waals surface area contributed by atoms with Crippen LogP contribution in [-0.4, -0.2) is 13.1 Å². The largest absolute Gasteiger partial charge is 0.497 e. The van der Waals surface area contributed by atoms with Gasteiger partial charge >= 0.3 is 5.97 Å². The number of rotatable bonds is 9. The van der Waals surface area contributed by atoms with E-state index in [-0.39, 0.29) is 11.9 Å². The van der Waals surface area contributed by atoms with Crippen molar-refractivity contribution in [1.82, 2.24) is 0 Å². The lowest BCUT2D eigenvalue weighted by Crippen LogP contribution is -2.35. The van der Waals surface area contributed by atoms with E-state index >= 15 is 0 Å². The van der Waals surface area contributed by atoms with Crippen LogP contribution in [0.15, 0.2) is 24.3 Å². The third-order valence-corrected chi connectivity index (χ3v) is 7.05. The Morgan fingerprint density at radius 2 is 1.57 bits per heavy atom. The molecule has 1 aromatic carbocycles. The van der Waals surface area contributed by atoms with Crippen LogP contribution < -0.4 is 9.47 Å². The molecule has 28 heavy (non-hydrogen) atoms. The summed E-state index contributed by atoms with van der Waals surface area (Å²) in [6, 6.07) is 7.30. The molecule has 2 unspecified atom stereocenters. The number of fused-ring (bicyclic) bond motifs is 1. The molecule has 2 aliphatic rings. The molecule has 156 valence electrons. The van der Waals surface area contributed by atoms with Crippen molar-refractivity contribution in [2.75, 3.05) is 7.11 Å². The van der Waals surface area contributed by atoms with Gasteiger partial charge in [-0.15, -0.1) is 0 Å². The topological polar surface area (TPSA) is 35.5 Å². The first kappa shape index (κ1) is 21.2. The number of esters is 1. The van der Waals surface area contributed by atoms with E-state index in [1.165, 1.54) is 64.2 Å². The average molecular weight is 387 g/mol. The molecule has 1 aromatic rings. The lowest BCUT2D eigenvalue weighted by molar-refractivity contribution is -0.141. The number of carbonyl (C=O) groups excluding carboxylic acids is 1. The molecule has 3 rings (SSSR count). The number of unbranched alkanes of at least 4 members (excludes halogenated alkanes) is 4. The highest BCUT2D eigenvalue weighted by Gasteiger charge is 2.38. The van der Waals surface area contributed by atoms with Crippen molar-refractivity contribution < 1.29 is 14.3 Å². The fraction of sp³-hybridized carbons (Fsp3) is 0.720. The summed E-state index contributed by atoms with van der Waals surface area (Å²) in [5, 5.41) is 0. The summed E-state index contributed by atoms with van der Waals surface area (Å²) >= 11 is 0. The lowest BCUT2D eigenvalue weighted by atomic mass is 9.64. The van der Waals surface area contributed by atoms with Crippen LogP contribution in [-0.2, 0) is 4.79 Å². The van der Waals surface area contributed by atoms with Gasteiger partial charge in [-0.1, -0.05) is 51.9 Å². The van der Waals surface area contributed by atoms with Crippen LogP contribution in [0.1, 0.15) is 84.0 Å². The fourth-order valence-corrected chi connectivity index (χ4v) is 5.34. The molecule has 2 fully saturated rings. The van der Waals surface area contributed by atoms with Crippen LogP contribution in [0.3, 0.4) is 0 Å². The average Bonchev–Trinajstić information content (AvgIpc) is 2.73. The SMILES string of the molecule is CCCCCCCC1CCC2C[C@H](C(=O)Oc3ccc(OC)cc3)CC[C@@H]2C1. The van der Waals surface area contributed by atoms with Gasteiger partial charge in [0.05, 0.1) is 13.0 Å². The highest BCUT2D eigenvalue weighted by Crippen LogP contribution is 2.46. The first-order valence-corrected chi connectivity index (χ1v) is 11.5. The van der Waals surface area contributed by atoms with Gasteiger partial charge in [0.15, 0.2) is 0 Å². The van der Waals surface area contributed by atoms with Gasteiger partial charge in [0, 0.05) is 0 Å². The molecule has 0 N–H and O–H groups in total. The van der Waals surface area contributed by atoms with Crippen molar-refractivity contribution in [3.05, 3.63) is 24.3 Å². The number of carbonyl (C=O) groups is 1. The maximum atomic E-state index is 12.6. The molecule has 0 heterocycles. The van der Waals surface area contributed by atoms with Crippen LogP contribution in [0.2, 0.25) is 0 Å². The molecule has 0 amide bonds. The fourth-order valence-electron chi connectivity index (χ4n) is 5.34. The van der Waals surface area contributed by atoms with Gasteiger partial charge in [-0.2, -0.15) is 0 Å². The summed E-state index contributed by atoms with van der Waals surface area (Å²) in [7, 11) is 1.64. The zero-order valence-corrected chi connectivity index (χ0v) is 17.8. The Morgan fingerprint density at radius 1 is 0.893 bits per heavy atom. The summed E-state index contributed by atoms with van der Waals surface area (Å²) < 4.78 is 10.8. The third kappa shape index (κ3) is 5.99. The molecule has 4 atom stereocenters. The van der Waals surface area contributed by atoms with Gasteiger partial charge in [-0.05, 0) is 74.1 Å². The lowest BCUT2D eigenvalue weighted by Gasteiger charge is -2.41. The number of benzene rings is 1. The second-order valence-electron chi connectivity index (χ2n) is 9.01. The number of methoxy groups -OCH3 is 1. The van der Waals surface area contributed by atoms with E-state index in [0.29, 0.717) is 5.75 Å². The highest BCUT2D eigenvalue weighted by molar-refractivity contribution is 5.75. The Hall–Kier alpha value is -1.51. The van der Waals surface area contributed by atoms with Gasteiger partial charge in [0.2, 0.25) is 0 Å². The first-order chi connectivity index (χ1) is 13.7. The second kappa shape index (κ2) is 10.9. The molecule has 0 saturated heterocycles. The van der Waals surface area contributed by atoms with E-state index in [1.807, 2.05) is 24.3 Å². The molecule has 0 aliphatic heterocycles. The molecule has 0 aromatic heterocycles. The number of hydrogen-bond donors (Lipinski definition) is 0. The zero-order chi connectivity index (χ0) is 19.8. The normalized spacial score (nSPS) is 27.1. The molecule has 2 aliphatic carbocycles. The van der Waals surface area contributed by atoms with Crippen molar-refractivity contribution in [3.63, 3.8) is 0 Å². The minimum Gasteiger partial charge on any atom is -0.497 e. The molecule has 0 spiro atoms. The molecule has 2 saturated carbocycles. The molecule has 0 radical (unpaired) electrons. The van der Waals surface area contributed by atoms with Gasteiger partial charge in [0.1, 0.15) is 11.5 Å². The standard InChI is InChI=1S/C25H38O3/c1-3-4-5-6-7-8-19-9-10-21-18-22(12-11-20(21)17-19)25(26)28-24-15-13-23(27-2)14-16-24/h13-16,19-22H,3-12,17-18H2,1-2H3/t19?,20-,21?,22-/m1/s1. The van der Waals surface area contributed by atoms with Gasteiger partial charge in [-0.25, -0.2) is 0 Å². The Labute approximate surface area is 171 Å². The Kier molecular flexibility index (Phi) is 8.24. The first-order valence-electron chi connectivity index (χ1n) is 11.5. The van der Waals surface area contributed by atoms with Crippen LogP contribution in [0, 0.1) is 23.7 Å². The van der Waals surface area contributed by atoms with Crippen molar-refractivity contribution in [3.8, 4) is 11.5 Å². The summed E-state index contributed by atoms with van der Waals surface area (Å²) in [5.74, 6) is 3.96. The zero-order valence-electron chi connectivity index (χ0n) is 17.8. The van der Waals surface area contributed by atoms with E-state index < -0.39 is 0 Å². The quantitative estimate of drug-likeness (QED) is 0.266. The van der Waals surface area contributed by atoms with Gasteiger partial charge in [-0.3, -0.25) is 4.79 Å². The summed E-state index contributed by atoms with van der Waals surface area (Å²) in [6.45, 7) is 2.28. The molecule has 3 heteroatoms. The second-order valence-corrected chi connectivity index (χ2v) is 9.01.